The zero-order valence-electron chi connectivity index (χ0n) is 7.49. The summed E-state index contributed by atoms with van der Waals surface area (Å²) < 4.78 is 5.40. The smallest absolute Gasteiger partial charge is 0.120 e. The van der Waals surface area contributed by atoms with E-state index in [9.17, 15) is 0 Å². The van der Waals surface area contributed by atoms with Crippen LogP contribution in [0.3, 0.4) is 0 Å². The molecule has 1 rings (SSSR count). The molecule has 0 fully saturated rings. The second-order valence-corrected chi connectivity index (χ2v) is 2.70. The van der Waals surface area contributed by atoms with Crippen LogP contribution in [0.2, 0.25) is 0 Å². The van der Waals surface area contributed by atoms with E-state index in [2.05, 4.69) is 13.0 Å². The topological polar surface area (TPSA) is 33.0 Å². The van der Waals surface area contributed by atoms with E-state index in [1.54, 1.807) is 12.1 Å². The first-order valence-electron chi connectivity index (χ1n) is 4.29. The maximum Gasteiger partial charge on any atom is 0.120 e. The molecule has 0 saturated heterocycles. The van der Waals surface area contributed by atoms with Gasteiger partial charge in [-0.2, -0.15) is 5.26 Å². The van der Waals surface area contributed by atoms with Crippen LogP contribution in [0.5, 0.6) is 5.75 Å². The Morgan fingerprint density at radius 1 is 1.46 bits per heavy atom. The number of unbranched alkanes of at least 4 members (excludes halogenated alkanes) is 1. The molecular formula is C11H12NO. The number of benzene rings is 1. The van der Waals surface area contributed by atoms with E-state index in [0.717, 1.165) is 18.6 Å². The summed E-state index contributed by atoms with van der Waals surface area (Å²) in [7, 11) is 0. The molecule has 0 heterocycles. The highest BCUT2D eigenvalue weighted by atomic mass is 16.5. The summed E-state index contributed by atoms with van der Waals surface area (Å²) in [5.74, 6) is 0.757. The first kappa shape index (κ1) is 9.60. The molecule has 2 nitrogen and oxygen atoms in total. The van der Waals surface area contributed by atoms with Crippen LogP contribution in [0.1, 0.15) is 18.4 Å². The molecular weight excluding hydrogens is 162 g/mol. The normalized spacial score (nSPS) is 9.23. The fourth-order valence-corrected chi connectivity index (χ4v) is 0.948. The molecule has 67 valence electrons. The molecule has 13 heavy (non-hydrogen) atoms. The minimum atomic E-state index is 0.632. The van der Waals surface area contributed by atoms with Crippen molar-refractivity contribution in [2.45, 2.75) is 12.8 Å². The van der Waals surface area contributed by atoms with E-state index in [-0.39, 0.29) is 0 Å². The Morgan fingerprint density at radius 3 is 3.00 bits per heavy atom. The number of hydrogen-bond acceptors (Lipinski definition) is 2. The molecule has 0 saturated carbocycles. The maximum atomic E-state index is 8.62. The Hall–Kier alpha value is -1.49. The molecule has 0 N–H and O–H groups in total. The lowest BCUT2D eigenvalue weighted by molar-refractivity contribution is 0.312. The molecule has 0 spiro atoms. The third-order valence-electron chi connectivity index (χ3n) is 1.63. The summed E-state index contributed by atoms with van der Waals surface area (Å²) in [5, 5.41) is 8.62. The third-order valence-corrected chi connectivity index (χ3v) is 1.63. The zero-order valence-corrected chi connectivity index (χ0v) is 7.49. The lowest BCUT2D eigenvalue weighted by atomic mass is 10.2. The quantitative estimate of drug-likeness (QED) is 0.657. The van der Waals surface area contributed by atoms with Crippen LogP contribution in [-0.2, 0) is 0 Å². The minimum absolute atomic E-state index is 0.632. The Balaban J connectivity index is 2.52. The highest BCUT2D eigenvalue weighted by Crippen LogP contribution is 2.12. The van der Waals surface area contributed by atoms with Crippen molar-refractivity contribution in [3.8, 4) is 11.8 Å². The van der Waals surface area contributed by atoms with Crippen molar-refractivity contribution >= 4 is 0 Å². The first-order chi connectivity index (χ1) is 6.36. The van der Waals surface area contributed by atoms with Crippen molar-refractivity contribution in [2.24, 2.45) is 0 Å². The number of hydrogen-bond donors (Lipinski definition) is 0. The van der Waals surface area contributed by atoms with Crippen molar-refractivity contribution in [1.29, 1.82) is 5.26 Å². The van der Waals surface area contributed by atoms with Crippen LogP contribution in [0.4, 0.5) is 0 Å². The highest BCUT2D eigenvalue weighted by Gasteiger charge is 1.94. The lowest BCUT2D eigenvalue weighted by Gasteiger charge is -2.04. The van der Waals surface area contributed by atoms with Gasteiger partial charge in [0.25, 0.3) is 0 Å². The molecule has 0 aliphatic carbocycles. The van der Waals surface area contributed by atoms with Crippen LogP contribution >= 0.6 is 0 Å². The van der Waals surface area contributed by atoms with Gasteiger partial charge in [0.2, 0.25) is 0 Å². The molecule has 0 aliphatic rings. The molecule has 2 heteroatoms. The average molecular weight is 174 g/mol. The average Bonchev–Trinajstić information content (AvgIpc) is 2.19. The summed E-state index contributed by atoms with van der Waals surface area (Å²) in [6.07, 6.45) is 1.81. The maximum absolute atomic E-state index is 8.62. The molecule has 1 radical (unpaired) electrons. The Bertz CT molecular complexity index is 301. The van der Waals surface area contributed by atoms with E-state index in [4.69, 9.17) is 10.00 Å². The molecule has 1 aromatic rings. The predicted molar refractivity (Wildman–Crippen MR) is 51.2 cm³/mol. The summed E-state index contributed by atoms with van der Waals surface area (Å²) in [6.45, 7) is 4.38. The second-order valence-electron chi connectivity index (χ2n) is 2.70. The highest BCUT2D eigenvalue weighted by molar-refractivity contribution is 5.36. The SMILES string of the molecule is [CH2]CCCOc1cccc(C#N)c1. The van der Waals surface area contributed by atoms with Crippen molar-refractivity contribution in [3.05, 3.63) is 36.8 Å². The van der Waals surface area contributed by atoms with Gasteiger partial charge < -0.3 is 4.74 Å². The number of nitrogens with zero attached hydrogens (tertiary/aromatic N) is 1. The van der Waals surface area contributed by atoms with Gasteiger partial charge in [0.1, 0.15) is 5.75 Å². The number of nitriles is 1. The van der Waals surface area contributed by atoms with Gasteiger partial charge in [-0.3, -0.25) is 0 Å². The Kier molecular flexibility index (Phi) is 3.84. The minimum Gasteiger partial charge on any atom is -0.494 e. The van der Waals surface area contributed by atoms with E-state index >= 15 is 0 Å². The van der Waals surface area contributed by atoms with E-state index in [1.807, 2.05) is 12.1 Å². The molecule has 0 bridgehead atoms. The largest absolute Gasteiger partial charge is 0.494 e. The van der Waals surface area contributed by atoms with Crippen LogP contribution in [-0.4, -0.2) is 6.61 Å². The van der Waals surface area contributed by atoms with Crippen molar-refractivity contribution < 1.29 is 4.74 Å². The molecule has 0 amide bonds. The molecule has 1 aromatic carbocycles. The van der Waals surface area contributed by atoms with Crippen LogP contribution in [0, 0.1) is 18.3 Å². The molecule has 0 aromatic heterocycles. The predicted octanol–water partition coefficient (Wildman–Crippen LogP) is 2.55. The zero-order chi connectivity index (χ0) is 9.52. The van der Waals surface area contributed by atoms with Crippen LogP contribution < -0.4 is 4.74 Å². The number of rotatable bonds is 4. The summed E-state index contributed by atoms with van der Waals surface area (Å²) in [6, 6.07) is 9.23. The fourth-order valence-electron chi connectivity index (χ4n) is 0.948. The molecule has 0 aliphatic heterocycles. The third kappa shape index (κ3) is 3.16. The van der Waals surface area contributed by atoms with Crippen LogP contribution in [0.15, 0.2) is 24.3 Å². The van der Waals surface area contributed by atoms with Gasteiger partial charge in [-0.05, 0) is 24.6 Å². The molecule has 0 unspecified atom stereocenters. The van der Waals surface area contributed by atoms with Gasteiger partial charge in [-0.15, -0.1) is 0 Å². The Labute approximate surface area is 78.8 Å². The fraction of sp³-hybridized carbons (Fsp3) is 0.273. The monoisotopic (exact) mass is 174 g/mol. The van der Waals surface area contributed by atoms with Gasteiger partial charge in [0, 0.05) is 0 Å². The van der Waals surface area contributed by atoms with Gasteiger partial charge >= 0.3 is 0 Å². The standard InChI is InChI=1S/C11H12NO/c1-2-3-7-13-11-6-4-5-10(8-11)9-12/h4-6,8H,1-3,7H2. The van der Waals surface area contributed by atoms with E-state index in [1.165, 1.54) is 0 Å². The number of ether oxygens (including phenoxy) is 1. The van der Waals surface area contributed by atoms with Crippen molar-refractivity contribution in [1.82, 2.24) is 0 Å². The second kappa shape index (κ2) is 5.21. The van der Waals surface area contributed by atoms with Crippen molar-refractivity contribution in [2.75, 3.05) is 6.61 Å². The van der Waals surface area contributed by atoms with Gasteiger partial charge in [-0.25, -0.2) is 0 Å². The van der Waals surface area contributed by atoms with E-state index < -0.39 is 0 Å². The first-order valence-corrected chi connectivity index (χ1v) is 4.29. The van der Waals surface area contributed by atoms with Crippen molar-refractivity contribution in [3.63, 3.8) is 0 Å². The summed E-state index contributed by atoms with van der Waals surface area (Å²) in [4.78, 5) is 0. The van der Waals surface area contributed by atoms with Crippen LogP contribution in [0.25, 0.3) is 0 Å². The Morgan fingerprint density at radius 2 is 2.31 bits per heavy atom. The summed E-state index contributed by atoms with van der Waals surface area (Å²) in [5.41, 5.74) is 0.632. The molecule has 0 atom stereocenters. The van der Waals surface area contributed by atoms with Gasteiger partial charge in [0.05, 0.1) is 18.2 Å². The van der Waals surface area contributed by atoms with Gasteiger partial charge in [-0.1, -0.05) is 19.4 Å². The lowest BCUT2D eigenvalue weighted by Crippen LogP contribution is -1.96. The summed E-state index contributed by atoms with van der Waals surface area (Å²) >= 11 is 0. The van der Waals surface area contributed by atoms with E-state index in [0.29, 0.717) is 12.2 Å². The van der Waals surface area contributed by atoms with Gasteiger partial charge in [0.15, 0.2) is 0 Å².